The third kappa shape index (κ3) is 5.13. The van der Waals surface area contributed by atoms with E-state index in [1.807, 2.05) is 26.0 Å². The number of rotatable bonds is 6. The summed E-state index contributed by atoms with van der Waals surface area (Å²) in [5.41, 5.74) is 2.82. The number of aliphatic hydroxyl groups excluding tert-OH is 1. The fourth-order valence-electron chi connectivity index (χ4n) is 2.62. The maximum atomic E-state index is 14.1. The normalized spacial score (nSPS) is 12.7. The van der Waals surface area contributed by atoms with Crippen LogP contribution >= 0.6 is 0 Å². The van der Waals surface area contributed by atoms with Crippen LogP contribution in [-0.2, 0) is 11.2 Å². The van der Waals surface area contributed by atoms with Crippen molar-refractivity contribution in [2.45, 2.75) is 38.7 Å². The van der Waals surface area contributed by atoms with Crippen molar-refractivity contribution in [2.24, 2.45) is 0 Å². The zero-order chi connectivity index (χ0) is 17.7. The second kappa shape index (κ2) is 7.53. The quantitative estimate of drug-likeness (QED) is 0.843. The highest BCUT2D eigenvalue weighted by atomic mass is 19.3. The summed E-state index contributed by atoms with van der Waals surface area (Å²) < 4.78 is 28.2. The van der Waals surface area contributed by atoms with Crippen LogP contribution < -0.4 is 5.32 Å². The molecule has 5 heteroatoms. The predicted molar refractivity (Wildman–Crippen MR) is 90.3 cm³/mol. The second-order valence-electron chi connectivity index (χ2n) is 6.08. The van der Waals surface area contributed by atoms with Gasteiger partial charge in [0.05, 0.1) is 6.10 Å². The maximum Gasteiger partial charge on any atom is 0.327 e. The fraction of sp³-hybridized carbons (Fsp3) is 0.316. The minimum Gasteiger partial charge on any atom is -0.393 e. The molecule has 2 aromatic carbocycles. The molecule has 3 nitrogen and oxygen atoms in total. The number of halogens is 2. The van der Waals surface area contributed by atoms with Crippen LogP contribution in [0.4, 0.5) is 14.5 Å². The molecule has 1 amide bonds. The van der Waals surface area contributed by atoms with Crippen molar-refractivity contribution in [3.8, 4) is 0 Å². The molecule has 0 aliphatic carbocycles. The number of hydrogen-bond acceptors (Lipinski definition) is 2. The Hall–Kier alpha value is -2.27. The summed E-state index contributed by atoms with van der Waals surface area (Å²) >= 11 is 0. The molecule has 1 unspecified atom stereocenters. The first kappa shape index (κ1) is 18.1. The third-order valence-electron chi connectivity index (χ3n) is 3.62. The Balaban J connectivity index is 1.99. The van der Waals surface area contributed by atoms with Gasteiger partial charge in [-0.05, 0) is 49.1 Å². The Morgan fingerprint density at radius 2 is 1.71 bits per heavy atom. The Labute approximate surface area is 140 Å². The monoisotopic (exact) mass is 333 g/mol. The summed E-state index contributed by atoms with van der Waals surface area (Å²) in [7, 11) is 0. The average Bonchev–Trinajstić information content (AvgIpc) is 2.46. The minimum atomic E-state index is -3.65. The highest BCUT2D eigenvalue weighted by Crippen LogP contribution is 2.25. The van der Waals surface area contributed by atoms with Gasteiger partial charge in [-0.2, -0.15) is 8.78 Å². The standard InChI is InChI=1S/C19H21F2NO2/c1-13-8-14(2)10-16(9-13)22-18(24)19(20,21)12-17(23)11-15-6-4-3-5-7-15/h3-10,17,23H,11-12H2,1-2H3,(H,22,24). The van der Waals surface area contributed by atoms with E-state index in [9.17, 15) is 18.7 Å². The average molecular weight is 333 g/mol. The Morgan fingerprint density at radius 1 is 1.12 bits per heavy atom. The Morgan fingerprint density at radius 3 is 2.29 bits per heavy atom. The van der Waals surface area contributed by atoms with Crippen molar-refractivity contribution in [2.75, 3.05) is 5.32 Å². The molecule has 2 rings (SSSR count). The van der Waals surface area contributed by atoms with Gasteiger partial charge >= 0.3 is 5.92 Å². The smallest absolute Gasteiger partial charge is 0.327 e. The zero-order valence-corrected chi connectivity index (χ0v) is 13.7. The summed E-state index contributed by atoms with van der Waals surface area (Å²) in [6.07, 6.45) is -2.14. The van der Waals surface area contributed by atoms with Gasteiger partial charge in [-0.15, -0.1) is 0 Å². The van der Waals surface area contributed by atoms with Crippen LogP contribution in [0.5, 0.6) is 0 Å². The van der Waals surface area contributed by atoms with E-state index in [1.165, 1.54) is 0 Å². The van der Waals surface area contributed by atoms with Crippen LogP contribution in [0.25, 0.3) is 0 Å². The molecule has 2 aromatic rings. The van der Waals surface area contributed by atoms with E-state index in [1.54, 1.807) is 36.4 Å². The largest absolute Gasteiger partial charge is 0.393 e. The van der Waals surface area contributed by atoms with Crippen LogP contribution in [-0.4, -0.2) is 23.0 Å². The molecular formula is C19H21F2NO2. The lowest BCUT2D eigenvalue weighted by atomic mass is 10.0. The second-order valence-corrected chi connectivity index (χ2v) is 6.08. The minimum absolute atomic E-state index is 0.0767. The van der Waals surface area contributed by atoms with Crippen LogP contribution in [0.1, 0.15) is 23.1 Å². The highest BCUT2D eigenvalue weighted by Gasteiger charge is 2.40. The molecule has 0 radical (unpaired) electrons. The first-order chi connectivity index (χ1) is 11.3. The third-order valence-corrected chi connectivity index (χ3v) is 3.62. The summed E-state index contributed by atoms with van der Waals surface area (Å²) in [5.74, 6) is -5.05. The predicted octanol–water partition coefficient (Wildman–Crippen LogP) is 3.87. The van der Waals surface area contributed by atoms with Crippen LogP contribution in [0.2, 0.25) is 0 Å². The van der Waals surface area contributed by atoms with Crippen molar-refractivity contribution in [3.63, 3.8) is 0 Å². The molecule has 0 aliphatic heterocycles. The lowest BCUT2D eigenvalue weighted by Crippen LogP contribution is -2.38. The maximum absolute atomic E-state index is 14.1. The molecule has 2 N–H and O–H groups in total. The van der Waals surface area contributed by atoms with Crippen molar-refractivity contribution in [1.82, 2.24) is 0 Å². The van der Waals surface area contributed by atoms with Gasteiger partial charge < -0.3 is 10.4 Å². The number of amides is 1. The number of benzene rings is 2. The number of anilines is 1. The molecule has 0 aromatic heterocycles. The van der Waals surface area contributed by atoms with Crippen molar-refractivity contribution < 1.29 is 18.7 Å². The fourth-order valence-corrected chi connectivity index (χ4v) is 2.62. The van der Waals surface area contributed by atoms with Crippen LogP contribution in [0.3, 0.4) is 0 Å². The number of aryl methyl sites for hydroxylation is 2. The molecule has 24 heavy (non-hydrogen) atoms. The van der Waals surface area contributed by atoms with E-state index in [2.05, 4.69) is 5.32 Å². The van der Waals surface area contributed by atoms with Gasteiger partial charge in [0.25, 0.3) is 5.91 Å². The SMILES string of the molecule is Cc1cc(C)cc(NC(=O)C(F)(F)CC(O)Cc2ccccc2)c1. The molecule has 128 valence electrons. The van der Waals surface area contributed by atoms with Gasteiger partial charge in [0.1, 0.15) is 0 Å². The van der Waals surface area contributed by atoms with Gasteiger partial charge in [0.2, 0.25) is 0 Å². The molecule has 0 spiro atoms. The van der Waals surface area contributed by atoms with E-state index < -0.39 is 24.4 Å². The van der Waals surface area contributed by atoms with Crippen molar-refractivity contribution in [3.05, 3.63) is 65.2 Å². The number of aliphatic hydroxyl groups is 1. The molecule has 0 saturated heterocycles. The van der Waals surface area contributed by atoms with Gasteiger partial charge in [0, 0.05) is 12.1 Å². The summed E-state index contributed by atoms with van der Waals surface area (Å²) in [6.45, 7) is 3.65. The number of carbonyl (C=O) groups excluding carboxylic acids is 1. The van der Waals surface area contributed by atoms with Gasteiger partial charge in [0.15, 0.2) is 0 Å². The summed E-state index contributed by atoms with van der Waals surface area (Å²) in [6, 6.07) is 14.0. The van der Waals surface area contributed by atoms with Gasteiger partial charge in [-0.3, -0.25) is 4.79 Å². The number of alkyl halides is 2. The number of carbonyl (C=O) groups is 1. The van der Waals surface area contributed by atoms with Crippen molar-refractivity contribution in [1.29, 1.82) is 0 Å². The molecule has 0 heterocycles. The zero-order valence-electron chi connectivity index (χ0n) is 13.7. The molecule has 1 atom stereocenters. The molecule has 0 bridgehead atoms. The molecule has 0 fully saturated rings. The highest BCUT2D eigenvalue weighted by molar-refractivity contribution is 5.96. The number of nitrogens with one attached hydrogen (secondary N) is 1. The number of hydrogen-bond donors (Lipinski definition) is 2. The molecule has 0 aliphatic rings. The van der Waals surface area contributed by atoms with E-state index in [0.717, 1.165) is 16.7 Å². The Kier molecular flexibility index (Phi) is 5.67. The van der Waals surface area contributed by atoms with E-state index in [0.29, 0.717) is 5.69 Å². The van der Waals surface area contributed by atoms with E-state index >= 15 is 0 Å². The molecular weight excluding hydrogens is 312 g/mol. The van der Waals surface area contributed by atoms with Crippen molar-refractivity contribution >= 4 is 11.6 Å². The lowest BCUT2D eigenvalue weighted by Gasteiger charge is -2.20. The Bertz CT molecular complexity index is 682. The van der Waals surface area contributed by atoms with Gasteiger partial charge in [-0.25, -0.2) is 0 Å². The first-order valence-electron chi connectivity index (χ1n) is 7.76. The topological polar surface area (TPSA) is 49.3 Å². The summed E-state index contributed by atoms with van der Waals surface area (Å²) in [4.78, 5) is 11.9. The van der Waals surface area contributed by atoms with Gasteiger partial charge in [-0.1, -0.05) is 36.4 Å². The lowest BCUT2D eigenvalue weighted by molar-refractivity contribution is -0.143. The molecule has 0 saturated carbocycles. The van der Waals surface area contributed by atoms with E-state index in [4.69, 9.17) is 0 Å². The first-order valence-corrected chi connectivity index (χ1v) is 7.76. The van der Waals surface area contributed by atoms with Crippen LogP contribution in [0.15, 0.2) is 48.5 Å². The van der Waals surface area contributed by atoms with E-state index in [-0.39, 0.29) is 6.42 Å². The summed E-state index contributed by atoms with van der Waals surface area (Å²) in [5, 5.41) is 12.1. The van der Waals surface area contributed by atoms with Crippen LogP contribution in [0, 0.1) is 13.8 Å².